The Labute approximate surface area is 122 Å². The van der Waals surface area contributed by atoms with Crippen molar-refractivity contribution in [1.82, 2.24) is 5.43 Å². The SMILES string of the molecule is C/C(=N/NCc1c(Cl)cccc1Cl)c1ccc(C)o1. The van der Waals surface area contributed by atoms with Gasteiger partial charge in [0.15, 0.2) is 0 Å². The maximum Gasteiger partial charge on any atom is 0.149 e. The van der Waals surface area contributed by atoms with Crippen LogP contribution in [0.4, 0.5) is 0 Å². The Morgan fingerprint density at radius 3 is 2.47 bits per heavy atom. The zero-order chi connectivity index (χ0) is 13.8. The minimum Gasteiger partial charge on any atom is -0.460 e. The first-order valence-corrected chi connectivity index (χ1v) is 6.60. The lowest BCUT2D eigenvalue weighted by Crippen LogP contribution is -2.09. The van der Waals surface area contributed by atoms with Crippen LogP contribution in [0.2, 0.25) is 10.0 Å². The van der Waals surface area contributed by atoms with Gasteiger partial charge in [-0.1, -0.05) is 29.3 Å². The molecule has 0 unspecified atom stereocenters. The summed E-state index contributed by atoms with van der Waals surface area (Å²) in [5.41, 5.74) is 4.56. The summed E-state index contributed by atoms with van der Waals surface area (Å²) in [4.78, 5) is 0. The predicted molar refractivity (Wildman–Crippen MR) is 79.0 cm³/mol. The standard InChI is InChI=1S/C14H14Cl2N2O/c1-9-6-7-14(19-9)10(2)18-17-8-11-12(15)4-3-5-13(11)16/h3-7,17H,8H2,1-2H3/b18-10-. The van der Waals surface area contributed by atoms with Crippen LogP contribution in [0.25, 0.3) is 0 Å². The molecule has 0 radical (unpaired) electrons. The number of aryl methyl sites for hydroxylation is 1. The molecule has 0 aliphatic carbocycles. The molecule has 100 valence electrons. The van der Waals surface area contributed by atoms with E-state index in [0.717, 1.165) is 22.8 Å². The maximum atomic E-state index is 6.07. The van der Waals surface area contributed by atoms with Crippen LogP contribution < -0.4 is 5.43 Å². The topological polar surface area (TPSA) is 37.5 Å². The van der Waals surface area contributed by atoms with Crippen LogP contribution in [0.15, 0.2) is 39.9 Å². The average molecular weight is 297 g/mol. The number of benzene rings is 1. The highest BCUT2D eigenvalue weighted by Crippen LogP contribution is 2.23. The molecule has 0 saturated carbocycles. The molecule has 5 heteroatoms. The third kappa shape index (κ3) is 3.52. The molecule has 1 aromatic carbocycles. The first kappa shape index (κ1) is 14.0. The van der Waals surface area contributed by atoms with Crippen molar-refractivity contribution in [3.63, 3.8) is 0 Å². The first-order valence-electron chi connectivity index (χ1n) is 5.85. The lowest BCUT2D eigenvalue weighted by molar-refractivity contribution is 0.524. The number of hydrazone groups is 1. The zero-order valence-electron chi connectivity index (χ0n) is 10.7. The Balaban J connectivity index is 2.03. The van der Waals surface area contributed by atoms with Gasteiger partial charge in [-0.3, -0.25) is 0 Å². The second kappa shape index (κ2) is 6.13. The normalized spacial score (nSPS) is 11.7. The lowest BCUT2D eigenvalue weighted by Gasteiger charge is -2.06. The number of nitrogens with zero attached hydrogens (tertiary/aromatic N) is 1. The van der Waals surface area contributed by atoms with Gasteiger partial charge in [-0.25, -0.2) is 0 Å². The van der Waals surface area contributed by atoms with Crippen LogP contribution in [-0.2, 0) is 6.54 Å². The van der Waals surface area contributed by atoms with Gasteiger partial charge in [0.05, 0.1) is 12.3 Å². The highest BCUT2D eigenvalue weighted by molar-refractivity contribution is 6.35. The van der Waals surface area contributed by atoms with Crippen molar-refractivity contribution in [1.29, 1.82) is 0 Å². The van der Waals surface area contributed by atoms with Gasteiger partial charge < -0.3 is 9.84 Å². The summed E-state index contributed by atoms with van der Waals surface area (Å²) in [6.07, 6.45) is 0. The largest absolute Gasteiger partial charge is 0.460 e. The molecule has 1 heterocycles. The Hall–Kier alpha value is -1.45. The molecule has 3 nitrogen and oxygen atoms in total. The molecule has 2 rings (SSSR count). The minimum absolute atomic E-state index is 0.468. The van der Waals surface area contributed by atoms with Gasteiger partial charge in [-0.15, -0.1) is 0 Å². The number of hydrogen-bond acceptors (Lipinski definition) is 3. The molecule has 0 atom stereocenters. The van der Waals surface area contributed by atoms with E-state index >= 15 is 0 Å². The number of rotatable bonds is 4. The van der Waals surface area contributed by atoms with E-state index in [1.165, 1.54) is 0 Å². The van der Waals surface area contributed by atoms with Gasteiger partial charge in [0, 0.05) is 15.6 Å². The molecule has 0 amide bonds. The first-order chi connectivity index (χ1) is 9.08. The molecule has 0 bridgehead atoms. The summed E-state index contributed by atoms with van der Waals surface area (Å²) < 4.78 is 5.47. The molecule has 0 aliphatic heterocycles. The second-order valence-corrected chi connectivity index (χ2v) is 4.96. The highest BCUT2D eigenvalue weighted by Gasteiger charge is 2.05. The monoisotopic (exact) mass is 296 g/mol. The van der Waals surface area contributed by atoms with Gasteiger partial charge in [0.25, 0.3) is 0 Å². The maximum absolute atomic E-state index is 6.07. The average Bonchev–Trinajstić information content (AvgIpc) is 2.79. The van der Waals surface area contributed by atoms with E-state index in [-0.39, 0.29) is 0 Å². The van der Waals surface area contributed by atoms with Gasteiger partial charge >= 0.3 is 0 Å². The van der Waals surface area contributed by atoms with Crippen LogP contribution in [-0.4, -0.2) is 5.71 Å². The number of furan rings is 1. The fourth-order valence-corrected chi connectivity index (χ4v) is 2.15. The van der Waals surface area contributed by atoms with Crippen LogP contribution in [0.1, 0.15) is 24.0 Å². The van der Waals surface area contributed by atoms with E-state index in [2.05, 4.69) is 10.5 Å². The Morgan fingerprint density at radius 2 is 1.89 bits per heavy atom. The van der Waals surface area contributed by atoms with Crippen LogP contribution in [0.5, 0.6) is 0 Å². The zero-order valence-corrected chi connectivity index (χ0v) is 12.2. The summed E-state index contributed by atoms with van der Waals surface area (Å²) in [5, 5.41) is 5.49. The number of hydrogen-bond donors (Lipinski definition) is 1. The molecule has 2 aromatic rings. The van der Waals surface area contributed by atoms with Gasteiger partial charge in [-0.2, -0.15) is 5.10 Å². The van der Waals surface area contributed by atoms with Gasteiger partial charge in [0.1, 0.15) is 11.5 Å². The molecular weight excluding hydrogens is 283 g/mol. The predicted octanol–water partition coefficient (Wildman–Crippen LogP) is 4.41. The summed E-state index contributed by atoms with van der Waals surface area (Å²) in [6, 6.07) is 9.21. The van der Waals surface area contributed by atoms with E-state index in [4.69, 9.17) is 27.6 Å². The third-order valence-electron chi connectivity index (χ3n) is 2.66. The van der Waals surface area contributed by atoms with E-state index in [1.807, 2.05) is 32.0 Å². The minimum atomic E-state index is 0.468. The molecule has 0 spiro atoms. The van der Waals surface area contributed by atoms with E-state index in [9.17, 15) is 0 Å². The van der Waals surface area contributed by atoms with Crippen molar-refractivity contribution in [2.45, 2.75) is 20.4 Å². The number of nitrogens with one attached hydrogen (secondary N) is 1. The highest BCUT2D eigenvalue weighted by atomic mass is 35.5. The summed E-state index contributed by atoms with van der Waals surface area (Å²) >= 11 is 12.1. The molecule has 0 saturated heterocycles. The second-order valence-electron chi connectivity index (χ2n) is 4.14. The van der Waals surface area contributed by atoms with Crippen LogP contribution >= 0.6 is 23.2 Å². The van der Waals surface area contributed by atoms with Gasteiger partial charge in [-0.05, 0) is 38.1 Å². The van der Waals surface area contributed by atoms with E-state index in [1.54, 1.807) is 12.1 Å². The fraction of sp³-hybridized carbons (Fsp3) is 0.214. The molecular formula is C14H14Cl2N2O. The third-order valence-corrected chi connectivity index (χ3v) is 3.37. The van der Waals surface area contributed by atoms with E-state index < -0.39 is 0 Å². The van der Waals surface area contributed by atoms with Gasteiger partial charge in [0.2, 0.25) is 0 Å². The lowest BCUT2D eigenvalue weighted by atomic mass is 10.2. The molecule has 1 N–H and O–H groups in total. The smallest absolute Gasteiger partial charge is 0.149 e. The Kier molecular flexibility index (Phi) is 4.51. The van der Waals surface area contributed by atoms with Crippen molar-refractivity contribution in [3.05, 3.63) is 57.5 Å². The molecule has 0 aliphatic rings. The van der Waals surface area contributed by atoms with Crippen molar-refractivity contribution in [2.24, 2.45) is 5.10 Å². The Bertz CT molecular complexity index is 585. The van der Waals surface area contributed by atoms with E-state index in [0.29, 0.717) is 16.6 Å². The summed E-state index contributed by atoms with van der Waals surface area (Å²) in [7, 11) is 0. The number of halogens is 2. The molecule has 0 fully saturated rings. The molecule has 1 aromatic heterocycles. The van der Waals surface area contributed by atoms with Crippen molar-refractivity contribution in [3.8, 4) is 0 Å². The summed E-state index contributed by atoms with van der Waals surface area (Å²) in [5.74, 6) is 1.61. The van der Waals surface area contributed by atoms with Crippen molar-refractivity contribution < 1.29 is 4.42 Å². The van der Waals surface area contributed by atoms with Crippen molar-refractivity contribution >= 4 is 28.9 Å². The van der Waals surface area contributed by atoms with Crippen molar-refractivity contribution in [2.75, 3.05) is 0 Å². The van der Waals surface area contributed by atoms with Crippen LogP contribution in [0.3, 0.4) is 0 Å². The summed E-state index contributed by atoms with van der Waals surface area (Å²) in [6.45, 7) is 4.24. The quantitative estimate of drug-likeness (QED) is 0.670. The Morgan fingerprint density at radius 1 is 1.21 bits per heavy atom. The molecule has 19 heavy (non-hydrogen) atoms. The van der Waals surface area contributed by atoms with Crippen LogP contribution in [0, 0.1) is 6.92 Å². The fourth-order valence-electron chi connectivity index (χ4n) is 1.62.